The number of hydrogen-bond donors (Lipinski definition) is 0. The maximum absolute atomic E-state index is 4.22. The molecule has 56 valence electrons. The summed E-state index contributed by atoms with van der Waals surface area (Å²) >= 11 is 0. The monoisotopic (exact) mass is 137 g/mol. The van der Waals surface area contributed by atoms with Crippen molar-refractivity contribution in [1.82, 2.24) is 0 Å². The van der Waals surface area contributed by atoms with Gasteiger partial charge in [-0.2, -0.15) is 0 Å². The Morgan fingerprint density at radius 1 is 1.60 bits per heavy atom. The van der Waals surface area contributed by atoms with E-state index in [9.17, 15) is 0 Å². The molecular formula is C9H15N. The van der Waals surface area contributed by atoms with Gasteiger partial charge >= 0.3 is 0 Å². The zero-order chi connectivity index (χ0) is 7.40. The summed E-state index contributed by atoms with van der Waals surface area (Å²) in [5.74, 6) is 0.760. The van der Waals surface area contributed by atoms with Gasteiger partial charge in [-0.05, 0) is 24.3 Å². The molecule has 1 nitrogen and oxygen atoms in total. The number of allylic oxidation sites excluding steroid dienone is 1. The van der Waals surface area contributed by atoms with Crippen molar-refractivity contribution in [2.75, 3.05) is 6.54 Å². The van der Waals surface area contributed by atoms with Crippen molar-refractivity contribution < 1.29 is 0 Å². The van der Waals surface area contributed by atoms with Gasteiger partial charge < -0.3 is 0 Å². The predicted molar refractivity (Wildman–Crippen MR) is 45.5 cm³/mol. The van der Waals surface area contributed by atoms with Gasteiger partial charge in [0.05, 0.1) is 0 Å². The summed E-state index contributed by atoms with van der Waals surface area (Å²) in [5.41, 5.74) is 1.42. The Balaban J connectivity index is 2.40. The molecule has 0 saturated carbocycles. The van der Waals surface area contributed by atoms with Gasteiger partial charge in [0, 0.05) is 12.8 Å². The molecule has 0 atom stereocenters. The molecule has 1 aliphatic heterocycles. The molecule has 0 aromatic carbocycles. The predicted octanol–water partition coefficient (Wildman–Crippen LogP) is 2.43. The molecule has 0 aromatic heterocycles. The molecular weight excluding hydrogens is 122 g/mol. The first kappa shape index (κ1) is 7.52. The summed E-state index contributed by atoms with van der Waals surface area (Å²) in [6.07, 6.45) is 6.64. The average Bonchev–Trinajstić information content (AvgIpc) is 1.88. The van der Waals surface area contributed by atoms with Crippen LogP contribution >= 0.6 is 0 Å². The molecule has 0 unspecified atom stereocenters. The zero-order valence-corrected chi connectivity index (χ0v) is 6.80. The van der Waals surface area contributed by atoms with Crippen molar-refractivity contribution in [3.63, 3.8) is 0 Å². The molecule has 0 radical (unpaired) electrons. The van der Waals surface area contributed by atoms with E-state index in [4.69, 9.17) is 0 Å². The summed E-state index contributed by atoms with van der Waals surface area (Å²) in [6, 6.07) is 0. The molecule has 10 heavy (non-hydrogen) atoms. The Hall–Kier alpha value is -0.590. The molecule has 1 aliphatic rings. The Bertz CT molecular complexity index is 154. The van der Waals surface area contributed by atoms with Crippen molar-refractivity contribution in [1.29, 1.82) is 0 Å². The summed E-state index contributed by atoms with van der Waals surface area (Å²) in [5, 5.41) is 0. The zero-order valence-electron chi connectivity index (χ0n) is 6.80. The van der Waals surface area contributed by atoms with Gasteiger partial charge in [-0.15, -0.1) is 0 Å². The largest absolute Gasteiger partial charge is 0.293 e. The molecule has 0 bridgehead atoms. The third-order valence-electron chi connectivity index (χ3n) is 1.57. The lowest BCUT2D eigenvalue weighted by atomic mass is 10.0. The van der Waals surface area contributed by atoms with E-state index >= 15 is 0 Å². The van der Waals surface area contributed by atoms with E-state index in [0.29, 0.717) is 0 Å². The fourth-order valence-corrected chi connectivity index (χ4v) is 1.17. The van der Waals surface area contributed by atoms with Crippen LogP contribution < -0.4 is 0 Å². The van der Waals surface area contributed by atoms with E-state index in [1.165, 1.54) is 12.0 Å². The van der Waals surface area contributed by atoms with Crippen LogP contribution in [0.5, 0.6) is 0 Å². The van der Waals surface area contributed by atoms with E-state index in [1.807, 2.05) is 6.21 Å². The van der Waals surface area contributed by atoms with Crippen LogP contribution in [0.2, 0.25) is 0 Å². The minimum atomic E-state index is 0.760. The lowest BCUT2D eigenvalue weighted by Crippen LogP contribution is -1.98. The van der Waals surface area contributed by atoms with Crippen LogP contribution in [0, 0.1) is 5.92 Å². The normalized spacial score (nSPS) is 17.7. The van der Waals surface area contributed by atoms with E-state index in [2.05, 4.69) is 24.9 Å². The molecule has 0 aliphatic carbocycles. The number of nitrogens with zero attached hydrogens (tertiary/aromatic N) is 1. The number of hydrogen-bond acceptors (Lipinski definition) is 1. The number of aliphatic imine (C=N–C) groups is 1. The van der Waals surface area contributed by atoms with Crippen molar-refractivity contribution in [2.45, 2.75) is 26.7 Å². The molecule has 1 rings (SSSR count). The first-order valence-corrected chi connectivity index (χ1v) is 3.98. The highest BCUT2D eigenvalue weighted by Gasteiger charge is 2.00. The minimum Gasteiger partial charge on any atom is -0.293 e. The van der Waals surface area contributed by atoms with E-state index in [-0.39, 0.29) is 0 Å². The Labute approximate surface area is 62.9 Å². The highest BCUT2D eigenvalue weighted by Crippen LogP contribution is 2.11. The van der Waals surface area contributed by atoms with Gasteiger partial charge in [0.25, 0.3) is 0 Å². The summed E-state index contributed by atoms with van der Waals surface area (Å²) < 4.78 is 0. The molecule has 0 spiro atoms. The first-order chi connectivity index (χ1) is 4.79. The second-order valence-corrected chi connectivity index (χ2v) is 3.20. The van der Waals surface area contributed by atoms with Crippen molar-refractivity contribution >= 4 is 6.21 Å². The van der Waals surface area contributed by atoms with Crippen LogP contribution in [0.1, 0.15) is 26.7 Å². The van der Waals surface area contributed by atoms with Crippen molar-refractivity contribution in [3.05, 3.63) is 11.6 Å². The molecule has 0 N–H and O–H groups in total. The van der Waals surface area contributed by atoms with Gasteiger partial charge in [-0.3, -0.25) is 4.99 Å². The molecule has 0 fully saturated rings. The maximum atomic E-state index is 4.22. The first-order valence-electron chi connectivity index (χ1n) is 3.98. The third-order valence-corrected chi connectivity index (χ3v) is 1.57. The van der Waals surface area contributed by atoms with Crippen molar-refractivity contribution in [3.8, 4) is 0 Å². The highest BCUT2D eigenvalue weighted by atomic mass is 14.7. The summed E-state index contributed by atoms with van der Waals surface area (Å²) in [7, 11) is 0. The molecule has 0 aromatic rings. The smallest absolute Gasteiger partial charge is 0.0424 e. The van der Waals surface area contributed by atoms with E-state index in [0.717, 1.165) is 18.9 Å². The fraction of sp³-hybridized carbons (Fsp3) is 0.667. The lowest BCUT2D eigenvalue weighted by Gasteiger charge is -2.07. The van der Waals surface area contributed by atoms with E-state index < -0.39 is 0 Å². The van der Waals surface area contributed by atoms with Gasteiger partial charge in [0.1, 0.15) is 0 Å². The Morgan fingerprint density at radius 3 is 2.90 bits per heavy atom. The Morgan fingerprint density at radius 2 is 2.40 bits per heavy atom. The fourth-order valence-electron chi connectivity index (χ4n) is 1.17. The number of dihydropyridines is 1. The number of rotatable bonds is 2. The van der Waals surface area contributed by atoms with Crippen LogP contribution in [-0.2, 0) is 0 Å². The summed E-state index contributed by atoms with van der Waals surface area (Å²) in [6.45, 7) is 5.47. The molecule has 1 heterocycles. The van der Waals surface area contributed by atoms with Crippen LogP contribution in [-0.4, -0.2) is 12.8 Å². The topological polar surface area (TPSA) is 12.4 Å². The van der Waals surface area contributed by atoms with Crippen LogP contribution in [0.4, 0.5) is 0 Å². The van der Waals surface area contributed by atoms with Crippen LogP contribution in [0.25, 0.3) is 0 Å². The van der Waals surface area contributed by atoms with Gasteiger partial charge in [0.2, 0.25) is 0 Å². The van der Waals surface area contributed by atoms with Crippen LogP contribution in [0.3, 0.4) is 0 Å². The molecule has 0 saturated heterocycles. The highest BCUT2D eigenvalue weighted by molar-refractivity contribution is 5.79. The van der Waals surface area contributed by atoms with Gasteiger partial charge in [-0.1, -0.05) is 19.9 Å². The van der Waals surface area contributed by atoms with Gasteiger partial charge in [0.15, 0.2) is 0 Å². The summed E-state index contributed by atoms with van der Waals surface area (Å²) in [4.78, 5) is 4.22. The van der Waals surface area contributed by atoms with Gasteiger partial charge in [-0.25, -0.2) is 0 Å². The standard InChI is InChI=1S/C9H15N/c1-8(2)6-9-4-3-5-10-7-9/h4,7-8H,3,5-6H2,1-2H3. The third kappa shape index (κ3) is 2.34. The second-order valence-electron chi connectivity index (χ2n) is 3.20. The minimum absolute atomic E-state index is 0.760. The second kappa shape index (κ2) is 3.55. The maximum Gasteiger partial charge on any atom is 0.0424 e. The van der Waals surface area contributed by atoms with Crippen molar-refractivity contribution in [2.24, 2.45) is 10.9 Å². The SMILES string of the molecule is CC(C)CC1=CCCN=C1. The lowest BCUT2D eigenvalue weighted by molar-refractivity contribution is 0.651. The quantitative estimate of drug-likeness (QED) is 0.554. The van der Waals surface area contributed by atoms with E-state index in [1.54, 1.807) is 0 Å². The Kier molecular flexibility index (Phi) is 2.67. The van der Waals surface area contributed by atoms with Crippen LogP contribution in [0.15, 0.2) is 16.6 Å². The molecule has 1 heteroatoms. The molecule has 0 amide bonds. The average molecular weight is 137 g/mol.